The SMILES string of the molecule is O=P(O)(S)OC1C2COC1(CO)CNO2. The Morgan fingerprint density at radius 2 is 2.47 bits per heavy atom. The highest BCUT2D eigenvalue weighted by Gasteiger charge is 2.56. The van der Waals surface area contributed by atoms with Crippen molar-refractivity contribution in [3.8, 4) is 0 Å². The minimum atomic E-state index is -3.93. The Kier molecular flexibility index (Phi) is 3.13. The molecule has 88 valence electrons. The normalized spacial score (nSPS) is 43.9. The van der Waals surface area contributed by atoms with E-state index in [4.69, 9.17) is 19.0 Å². The average molecular weight is 257 g/mol. The van der Waals surface area contributed by atoms with Crippen LogP contribution in [0.1, 0.15) is 0 Å². The van der Waals surface area contributed by atoms with Crippen molar-refractivity contribution in [2.24, 2.45) is 0 Å². The lowest BCUT2D eigenvalue weighted by Crippen LogP contribution is -2.59. The van der Waals surface area contributed by atoms with Gasteiger partial charge in [-0.05, 0) is 0 Å². The summed E-state index contributed by atoms with van der Waals surface area (Å²) in [5, 5.41) is 9.24. The Hall–Kier alpha value is 0.340. The second-order valence-corrected chi connectivity index (χ2v) is 6.24. The number of rotatable bonds is 3. The number of fused-ring (bicyclic) bond motifs is 2. The van der Waals surface area contributed by atoms with E-state index >= 15 is 0 Å². The quantitative estimate of drug-likeness (QED) is 0.383. The third-order valence-corrected chi connectivity index (χ3v) is 3.30. The zero-order chi connectivity index (χ0) is 11.1. The minimum absolute atomic E-state index is 0.193. The Bertz CT molecular complexity index is 293. The number of aliphatic hydroxyl groups is 1. The van der Waals surface area contributed by atoms with E-state index in [0.717, 1.165) is 0 Å². The maximum absolute atomic E-state index is 11.0. The Labute approximate surface area is 91.4 Å². The molecule has 2 bridgehead atoms. The van der Waals surface area contributed by atoms with E-state index in [0.29, 0.717) is 0 Å². The van der Waals surface area contributed by atoms with E-state index in [1.807, 2.05) is 0 Å². The molecule has 9 heteroatoms. The van der Waals surface area contributed by atoms with Gasteiger partial charge in [0, 0.05) is 0 Å². The van der Waals surface area contributed by atoms with Gasteiger partial charge < -0.3 is 14.7 Å². The van der Waals surface area contributed by atoms with Gasteiger partial charge in [0.25, 0.3) is 0 Å². The van der Waals surface area contributed by atoms with Crippen LogP contribution in [0.2, 0.25) is 0 Å². The van der Waals surface area contributed by atoms with Gasteiger partial charge in [-0.3, -0.25) is 9.36 Å². The molecule has 2 aliphatic heterocycles. The Balaban J connectivity index is 2.18. The predicted molar refractivity (Wildman–Crippen MR) is 52.3 cm³/mol. The van der Waals surface area contributed by atoms with E-state index < -0.39 is 24.6 Å². The summed E-state index contributed by atoms with van der Waals surface area (Å²) in [7, 11) is 0. The molecule has 0 aliphatic carbocycles. The molecule has 4 unspecified atom stereocenters. The Morgan fingerprint density at radius 3 is 3.07 bits per heavy atom. The van der Waals surface area contributed by atoms with Crippen molar-refractivity contribution in [3.05, 3.63) is 0 Å². The number of ether oxygens (including phenoxy) is 1. The molecule has 0 radical (unpaired) electrons. The molecular weight excluding hydrogens is 245 g/mol. The zero-order valence-corrected chi connectivity index (χ0v) is 9.49. The first-order chi connectivity index (χ1) is 6.97. The summed E-state index contributed by atoms with van der Waals surface area (Å²) in [6.07, 6.45) is -1.31. The van der Waals surface area contributed by atoms with Gasteiger partial charge in [-0.25, -0.2) is 4.57 Å². The lowest BCUT2D eigenvalue weighted by molar-refractivity contribution is -0.150. The number of thiol groups is 1. The van der Waals surface area contributed by atoms with Crippen molar-refractivity contribution in [2.75, 3.05) is 19.8 Å². The van der Waals surface area contributed by atoms with Gasteiger partial charge in [0.05, 0.1) is 19.8 Å². The van der Waals surface area contributed by atoms with Crippen LogP contribution in [0.5, 0.6) is 0 Å². The fraction of sp³-hybridized carbons (Fsp3) is 1.00. The summed E-state index contributed by atoms with van der Waals surface area (Å²) >= 11 is 3.43. The van der Waals surface area contributed by atoms with Gasteiger partial charge in [0.15, 0.2) is 0 Å². The fourth-order valence-corrected chi connectivity index (χ4v) is 2.71. The van der Waals surface area contributed by atoms with Gasteiger partial charge in [-0.2, -0.15) is 5.48 Å². The van der Waals surface area contributed by atoms with Crippen LogP contribution in [0.15, 0.2) is 0 Å². The molecule has 0 amide bonds. The second kappa shape index (κ2) is 3.97. The molecule has 7 nitrogen and oxygen atoms in total. The van der Waals surface area contributed by atoms with Crippen molar-refractivity contribution < 1.29 is 28.7 Å². The number of hydroxylamine groups is 1. The van der Waals surface area contributed by atoms with Gasteiger partial charge >= 0.3 is 6.80 Å². The maximum atomic E-state index is 11.0. The van der Waals surface area contributed by atoms with Gasteiger partial charge in [0.2, 0.25) is 0 Å². The van der Waals surface area contributed by atoms with Gasteiger partial charge in [0.1, 0.15) is 17.8 Å². The number of hydrogen-bond acceptors (Lipinski definition) is 6. The van der Waals surface area contributed by atoms with Crippen LogP contribution in [0, 0.1) is 0 Å². The van der Waals surface area contributed by atoms with Crippen LogP contribution < -0.4 is 5.48 Å². The van der Waals surface area contributed by atoms with E-state index in [1.165, 1.54) is 0 Å². The third kappa shape index (κ3) is 2.22. The number of aliphatic hydroxyl groups excluding tert-OH is 1. The second-order valence-electron chi connectivity index (χ2n) is 3.53. The molecular formula is C6H12NO6PS. The van der Waals surface area contributed by atoms with Crippen LogP contribution in [0.4, 0.5) is 0 Å². The maximum Gasteiger partial charge on any atom is 0.384 e. The first kappa shape index (κ1) is 11.8. The summed E-state index contributed by atoms with van der Waals surface area (Å²) in [5.41, 5.74) is 1.57. The van der Waals surface area contributed by atoms with Crippen LogP contribution in [-0.4, -0.2) is 47.6 Å². The molecule has 0 aromatic heterocycles. The monoisotopic (exact) mass is 257 g/mol. The van der Waals surface area contributed by atoms with Crippen molar-refractivity contribution in [3.63, 3.8) is 0 Å². The standard InChI is InChI=1S/C6H12NO6PS/c8-3-6-2-7-12-4(1-11-6)5(6)13-14(9,10)15/h4-5,7-8H,1-3H2,(H2,9,10,15). The minimum Gasteiger partial charge on any atom is -0.393 e. The van der Waals surface area contributed by atoms with Crippen molar-refractivity contribution in [1.29, 1.82) is 0 Å². The van der Waals surface area contributed by atoms with Crippen molar-refractivity contribution in [2.45, 2.75) is 17.8 Å². The van der Waals surface area contributed by atoms with Crippen LogP contribution in [-0.2, 0) is 18.7 Å². The molecule has 2 fully saturated rings. The Morgan fingerprint density at radius 1 is 1.73 bits per heavy atom. The van der Waals surface area contributed by atoms with E-state index in [2.05, 4.69) is 17.7 Å². The van der Waals surface area contributed by atoms with E-state index in [1.54, 1.807) is 0 Å². The van der Waals surface area contributed by atoms with Crippen molar-refractivity contribution in [1.82, 2.24) is 5.48 Å². The molecule has 15 heavy (non-hydrogen) atoms. The lowest BCUT2D eigenvalue weighted by Gasteiger charge is -2.37. The molecule has 2 saturated heterocycles. The molecule has 0 aromatic carbocycles. The smallest absolute Gasteiger partial charge is 0.384 e. The topological polar surface area (TPSA) is 97.3 Å². The van der Waals surface area contributed by atoms with E-state index in [9.17, 15) is 9.67 Å². The van der Waals surface area contributed by atoms with E-state index in [-0.39, 0.29) is 19.8 Å². The summed E-state index contributed by atoms with van der Waals surface area (Å²) in [4.78, 5) is 14.1. The summed E-state index contributed by atoms with van der Waals surface area (Å²) in [5.74, 6) is 0. The van der Waals surface area contributed by atoms with Gasteiger partial charge in [-0.15, -0.1) is 0 Å². The number of nitrogens with one attached hydrogen (secondary N) is 1. The largest absolute Gasteiger partial charge is 0.393 e. The summed E-state index contributed by atoms with van der Waals surface area (Å²) < 4.78 is 21.3. The van der Waals surface area contributed by atoms with Crippen LogP contribution in [0.3, 0.4) is 0 Å². The van der Waals surface area contributed by atoms with Crippen molar-refractivity contribution >= 4 is 19.0 Å². The predicted octanol–water partition coefficient (Wildman–Crippen LogP) is -0.934. The molecule has 0 spiro atoms. The third-order valence-electron chi connectivity index (χ3n) is 2.52. The lowest BCUT2D eigenvalue weighted by atomic mass is 9.96. The molecule has 0 saturated carbocycles. The highest BCUT2D eigenvalue weighted by Crippen LogP contribution is 2.51. The average Bonchev–Trinajstić information content (AvgIpc) is 2.35. The molecule has 2 aliphatic rings. The molecule has 3 N–H and O–H groups in total. The molecule has 2 heterocycles. The molecule has 4 atom stereocenters. The van der Waals surface area contributed by atoms with Crippen LogP contribution in [0.25, 0.3) is 0 Å². The summed E-state index contributed by atoms with van der Waals surface area (Å²) in [6, 6.07) is 0. The number of hydrogen-bond donors (Lipinski definition) is 4. The first-order valence-corrected chi connectivity index (χ1v) is 7.07. The van der Waals surface area contributed by atoms with Gasteiger partial charge in [-0.1, -0.05) is 12.2 Å². The van der Waals surface area contributed by atoms with Crippen LogP contribution >= 0.6 is 19.0 Å². The fourth-order valence-electron chi connectivity index (χ4n) is 1.78. The highest BCUT2D eigenvalue weighted by molar-refractivity contribution is 8.44. The summed E-state index contributed by atoms with van der Waals surface area (Å²) in [6.45, 7) is -3.86. The molecule has 0 aromatic rings. The molecule has 2 rings (SSSR count). The highest BCUT2D eigenvalue weighted by atomic mass is 32.7. The zero-order valence-electron chi connectivity index (χ0n) is 7.70. The first-order valence-electron chi connectivity index (χ1n) is 4.34.